The summed E-state index contributed by atoms with van der Waals surface area (Å²) >= 11 is 0. The molecule has 2 atom stereocenters. The van der Waals surface area contributed by atoms with Crippen molar-refractivity contribution in [3.05, 3.63) is 0 Å². The highest BCUT2D eigenvalue weighted by atomic mass is 16.5. The molecule has 4 heteroatoms. The van der Waals surface area contributed by atoms with E-state index in [0.717, 1.165) is 19.5 Å². The highest BCUT2D eigenvalue weighted by molar-refractivity contribution is 5.69. The van der Waals surface area contributed by atoms with Crippen molar-refractivity contribution in [3.63, 3.8) is 0 Å². The molecule has 4 nitrogen and oxygen atoms in total. The first-order valence-corrected chi connectivity index (χ1v) is 4.27. The molecule has 0 aliphatic carbocycles. The van der Waals surface area contributed by atoms with Crippen molar-refractivity contribution in [2.45, 2.75) is 18.9 Å². The van der Waals surface area contributed by atoms with Crippen LogP contribution in [0.15, 0.2) is 0 Å². The van der Waals surface area contributed by atoms with Gasteiger partial charge in [0, 0.05) is 19.0 Å². The van der Waals surface area contributed by atoms with E-state index in [1.54, 1.807) is 0 Å². The summed E-state index contributed by atoms with van der Waals surface area (Å²) in [7, 11) is 1.41. The number of hydrogen-bond acceptors (Lipinski definition) is 4. The molecule has 0 saturated carbocycles. The monoisotopic (exact) mass is 172 g/mol. The Morgan fingerprint density at radius 1 is 1.67 bits per heavy atom. The molecule has 0 unspecified atom stereocenters. The van der Waals surface area contributed by atoms with Gasteiger partial charge in [0.25, 0.3) is 0 Å². The van der Waals surface area contributed by atoms with E-state index in [1.807, 2.05) is 0 Å². The van der Waals surface area contributed by atoms with E-state index < -0.39 is 0 Å². The quantitative estimate of drug-likeness (QED) is 0.563. The van der Waals surface area contributed by atoms with Crippen LogP contribution in [0.25, 0.3) is 0 Å². The van der Waals surface area contributed by atoms with Gasteiger partial charge in [0.05, 0.1) is 7.11 Å². The summed E-state index contributed by atoms with van der Waals surface area (Å²) in [4.78, 5) is 10.8. The average molecular weight is 172 g/mol. The summed E-state index contributed by atoms with van der Waals surface area (Å²) in [6, 6.07) is 0.203. The molecular weight excluding hydrogens is 156 g/mol. The van der Waals surface area contributed by atoms with Crippen LogP contribution in [0, 0.1) is 5.92 Å². The molecule has 0 aromatic rings. The van der Waals surface area contributed by atoms with E-state index in [9.17, 15) is 4.79 Å². The van der Waals surface area contributed by atoms with E-state index >= 15 is 0 Å². The fraction of sp³-hybridized carbons (Fsp3) is 0.875. The third-order valence-corrected chi connectivity index (χ3v) is 2.34. The predicted molar refractivity (Wildman–Crippen MR) is 45.6 cm³/mol. The highest BCUT2D eigenvalue weighted by Crippen LogP contribution is 2.13. The molecule has 0 aromatic carbocycles. The van der Waals surface area contributed by atoms with Crippen molar-refractivity contribution in [1.29, 1.82) is 0 Å². The Balaban J connectivity index is 2.18. The lowest BCUT2D eigenvalue weighted by atomic mass is 9.99. The lowest BCUT2D eigenvalue weighted by Crippen LogP contribution is -2.29. The SMILES string of the molecule is COC(=O)CC[C@H]1CNC[C@@H]1N. The number of rotatable bonds is 3. The number of esters is 1. The average Bonchev–Trinajstić information content (AvgIpc) is 2.47. The largest absolute Gasteiger partial charge is 0.469 e. The molecule has 1 rings (SSSR count). The smallest absolute Gasteiger partial charge is 0.305 e. The second kappa shape index (κ2) is 4.42. The van der Waals surface area contributed by atoms with Gasteiger partial charge in [0.2, 0.25) is 0 Å². The Bertz CT molecular complexity index is 161. The minimum absolute atomic E-state index is 0.144. The summed E-state index contributed by atoms with van der Waals surface area (Å²) in [5.41, 5.74) is 5.79. The van der Waals surface area contributed by atoms with Crippen molar-refractivity contribution < 1.29 is 9.53 Å². The normalized spacial score (nSPS) is 28.8. The molecule has 0 bridgehead atoms. The lowest BCUT2D eigenvalue weighted by molar-refractivity contribution is -0.140. The standard InChI is InChI=1S/C8H16N2O2/c1-12-8(11)3-2-6-4-10-5-7(6)9/h6-7,10H,2-5,9H2,1H3/t6-,7-/m0/s1. The van der Waals surface area contributed by atoms with E-state index in [-0.39, 0.29) is 12.0 Å². The van der Waals surface area contributed by atoms with E-state index in [1.165, 1.54) is 7.11 Å². The van der Waals surface area contributed by atoms with Gasteiger partial charge in [-0.3, -0.25) is 4.79 Å². The maximum absolute atomic E-state index is 10.8. The Morgan fingerprint density at radius 3 is 2.92 bits per heavy atom. The Hall–Kier alpha value is -0.610. The zero-order valence-corrected chi connectivity index (χ0v) is 7.38. The van der Waals surface area contributed by atoms with Crippen LogP contribution in [0.4, 0.5) is 0 Å². The van der Waals surface area contributed by atoms with E-state index in [2.05, 4.69) is 10.1 Å². The molecule has 0 amide bonds. The number of carbonyl (C=O) groups excluding carboxylic acids is 1. The van der Waals surface area contributed by atoms with Crippen LogP contribution < -0.4 is 11.1 Å². The molecule has 1 aliphatic heterocycles. The second-order valence-electron chi connectivity index (χ2n) is 3.20. The fourth-order valence-electron chi connectivity index (χ4n) is 1.47. The Labute approximate surface area is 72.5 Å². The van der Waals surface area contributed by atoms with Gasteiger partial charge in [-0.2, -0.15) is 0 Å². The molecule has 1 saturated heterocycles. The van der Waals surface area contributed by atoms with Gasteiger partial charge in [-0.25, -0.2) is 0 Å². The molecule has 1 heterocycles. The highest BCUT2D eigenvalue weighted by Gasteiger charge is 2.23. The van der Waals surface area contributed by atoms with Gasteiger partial charge in [-0.15, -0.1) is 0 Å². The molecule has 0 radical (unpaired) electrons. The first kappa shape index (κ1) is 9.48. The zero-order valence-electron chi connectivity index (χ0n) is 7.38. The third kappa shape index (κ3) is 2.46. The number of carbonyl (C=O) groups is 1. The van der Waals surface area contributed by atoms with Gasteiger partial charge in [-0.05, 0) is 18.9 Å². The molecule has 3 N–H and O–H groups in total. The number of nitrogens with two attached hydrogens (primary N) is 1. The molecule has 1 fully saturated rings. The second-order valence-corrected chi connectivity index (χ2v) is 3.20. The molecular formula is C8H16N2O2. The first-order chi connectivity index (χ1) is 5.74. The Kier molecular flexibility index (Phi) is 3.49. The summed E-state index contributed by atoms with van der Waals surface area (Å²) < 4.78 is 4.55. The van der Waals surface area contributed by atoms with Crippen molar-refractivity contribution in [1.82, 2.24) is 5.32 Å². The van der Waals surface area contributed by atoms with Crippen molar-refractivity contribution in [2.24, 2.45) is 11.7 Å². The maximum Gasteiger partial charge on any atom is 0.305 e. The summed E-state index contributed by atoms with van der Waals surface area (Å²) in [5, 5.41) is 3.19. The van der Waals surface area contributed by atoms with E-state index in [0.29, 0.717) is 12.3 Å². The van der Waals surface area contributed by atoms with Crippen LogP contribution >= 0.6 is 0 Å². The van der Waals surface area contributed by atoms with Crippen LogP contribution in [0.5, 0.6) is 0 Å². The number of ether oxygens (including phenoxy) is 1. The van der Waals surface area contributed by atoms with Crippen LogP contribution in [-0.4, -0.2) is 32.2 Å². The number of hydrogen-bond donors (Lipinski definition) is 2. The molecule has 12 heavy (non-hydrogen) atoms. The van der Waals surface area contributed by atoms with Crippen LogP contribution in [0.2, 0.25) is 0 Å². The molecule has 0 spiro atoms. The number of nitrogens with one attached hydrogen (secondary N) is 1. The van der Waals surface area contributed by atoms with Gasteiger partial charge in [0.1, 0.15) is 0 Å². The number of methoxy groups -OCH3 is 1. The lowest BCUT2D eigenvalue weighted by Gasteiger charge is -2.12. The Morgan fingerprint density at radius 2 is 2.42 bits per heavy atom. The van der Waals surface area contributed by atoms with Crippen LogP contribution in [-0.2, 0) is 9.53 Å². The predicted octanol–water partition coefficient (Wildman–Crippen LogP) is -0.514. The van der Waals surface area contributed by atoms with Crippen molar-refractivity contribution in [3.8, 4) is 0 Å². The minimum atomic E-state index is -0.144. The van der Waals surface area contributed by atoms with Gasteiger partial charge < -0.3 is 15.8 Å². The van der Waals surface area contributed by atoms with Crippen molar-refractivity contribution in [2.75, 3.05) is 20.2 Å². The summed E-state index contributed by atoms with van der Waals surface area (Å²) in [5.74, 6) is 0.290. The molecule has 70 valence electrons. The van der Waals surface area contributed by atoms with Gasteiger partial charge in [0.15, 0.2) is 0 Å². The topological polar surface area (TPSA) is 64.3 Å². The minimum Gasteiger partial charge on any atom is -0.469 e. The van der Waals surface area contributed by atoms with Crippen molar-refractivity contribution >= 4 is 5.97 Å². The summed E-state index contributed by atoms with van der Waals surface area (Å²) in [6.45, 7) is 1.80. The summed E-state index contributed by atoms with van der Waals surface area (Å²) in [6.07, 6.45) is 1.32. The van der Waals surface area contributed by atoms with Crippen LogP contribution in [0.3, 0.4) is 0 Å². The van der Waals surface area contributed by atoms with Gasteiger partial charge >= 0.3 is 5.97 Å². The molecule has 1 aliphatic rings. The van der Waals surface area contributed by atoms with E-state index in [4.69, 9.17) is 5.73 Å². The fourth-order valence-corrected chi connectivity index (χ4v) is 1.47. The van der Waals surface area contributed by atoms with Crippen LogP contribution in [0.1, 0.15) is 12.8 Å². The third-order valence-electron chi connectivity index (χ3n) is 2.34. The zero-order chi connectivity index (χ0) is 8.97. The van der Waals surface area contributed by atoms with Gasteiger partial charge in [-0.1, -0.05) is 0 Å². The molecule has 0 aromatic heterocycles. The first-order valence-electron chi connectivity index (χ1n) is 4.27. The maximum atomic E-state index is 10.8.